The van der Waals surface area contributed by atoms with Gasteiger partial charge in [0.2, 0.25) is 11.8 Å². The van der Waals surface area contributed by atoms with Crippen LogP contribution in [0.15, 0.2) is 4.52 Å². The highest BCUT2D eigenvalue weighted by Gasteiger charge is 2.35. The lowest BCUT2D eigenvalue weighted by molar-refractivity contribution is -0.124. The van der Waals surface area contributed by atoms with Crippen LogP contribution in [-0.2, 0) is 4.79 Å². The Morgan fingerprint density at radius 1 is 1.58 bits per heavy atom. The Morgan fingerprint density at radius 2 is 2.29 bits per heavy atom. The first-order valence-electron chi connectivity index (χ1n) is 7.86. The summed E-state index contributed by atoms with van der Waals surface area (Å²) in [5, 5.41) is 15.6. The second-order valence-corrected chi connectivity index (χ2v) is 6.47. The van der Waals surface area contributed by atoms with E-state index < -0.39 is 11.4 Å². The highest BCUT2D eigenvalue weighted by atomic mass is 16.5. The number of hydrogen-bond acceptors (Lipinski definition) is 7. The zero-order chi connectivity index (χ0) is 17.9. The van der Waals surface area contributed by atoms with Crippen LogP contribution in [-0.4, -0.2) is 45.5 Å². The van der Waals surface area contributed by atoms with Gasteiger partial charge in [0.1, 0.15) is 5.54 Å². The molecule has 130 valence electrons. The van der Waals surface area contributed by atoms with Crippen LogP contribution in [0.3, 0.4) is 0 Å². The van der Waals surface area contributed by atoms with Crippen molar-refractivity contribution in [2.75, 3.05) is 13.1 Å². The lowest BCUT2D eigenvalue weighted by Gasteiger charge is -2.29. The summed E-state index contributed by atoms with van der Waals surface area (Å²) in [5.41, 5.74) is 4.20. The molecule has 0 aliphatic carbocycles. The Balaban J connectivity index is 2.04. The number of rotatable bonds is 6. The fourth-order valence-corrected chi connectivity index (χ4v) is 2.58. The maximum atomic E-state index is 12.3. The zero-order valence-corrected chi connectivity index (χ0v) is 14.1. The van der Waals surface area contributed by atoms with E-state index >= 15 is 0 Å². The van der Waals surface area contributed by atoms with E-state index in [2.05, 4.69) is 21.5 Å². The molecule has 2 amide bonds. The Kier molecular flexibility index (Phi) is 5.19. The Labute approximate surface area is 140 Å². The van der Waals surface area contributed by atoms with Crippen molar-refractivity contribution in [3.63, 3.8) is 0 Å². The molecule has 1 aliphatic rings. The number of aromatic nitrogens is 2. The standard InChI is InChI=1S/C15H22N6O3/c1-9(2)15(3,8-16)19-11(22)7-21-6-4-5-10(21)14-18-13(12(17)23)20-24-14/h9-10H,4-7H2,1-3H3,(H2,17,23)(H,19,22)/t10-,15+/m1/s1. The summed E-state index contributed by atoms with van der Waals surface area (Å²) in [4.78, 5) is 29.3. The minimum absolute atomic E-state index is 0.0186. The molecule has 24 heavy (non-hydrogen) atoms. The van der Waals surface area contributed by atoms with Crippen LogP contribution in [0.2, 0.25) is 0 Å². The van der Waals surface area contributed by atoms with Crippen LogP contribution in [0.1, 0.15) is 56.2 Å². The van der Waals surface area contributed by atoms with Gasteiger partial charge >= 0.3 is 0 Å². The molecule has 0 aromatic carbocycles. The van der Waals surface area contributed by atoms with Gasteiger partial charge in [0.15, 0.2) is 0 Å². The maximum Gasteiger partial charge on any atom is 0.290 e. The summed E-state index contributed by atoms with van der Waals surface area (Å²) < 4.78 is 5.09. The summed E-state index contributed by atoms with van der Waals surface area (Å²) >= 11 is 0. The van der Waals surface area contributed by atoms with Crippen LogP contribution in [0.5, 0.6) is 0 Å². The number of hydrogen-bond donors (Lipinski definition) is 2. The number of amides is 2. The van der Waals surface area contributed by atoms with E-state index in [9.17, 15) is 14.9 Å². The molecule has 9 nitrogen and oxygen atoms in total. The summed E-state index contributed by atoms with van der Waals surface area (Å²) in [6.07, 6.45) is 1.61. The van der Waals surface area contributed by atoms with E-state index in [-0.39, 0.29) is 36.1 Å². The third-order valence-electron chi connectivity index (χ3n) is 4.44. The summed E-state index contributed by atoms with van der Waals surface area (Å²) in [7, 11) is 0. The van der Waals surface area contributed by atoms with Gasteiger partial charge in [-0.15, -0.1) is 0 Å². The van der Waals surface area contributed by atoms with E-state index in [1.54, 1.807) is 6.92 Å². The number of nitrogens with one attached hydrogen (secondary N) is 1. The predicted molar refractivity (Wildman–Crippen MR) is 83.4 cm³/mol. The van der Waals surface area contributed by atoms with E-state index in [0.29, 0.717) is 6.54 Å². The van der Waals surface area contributed by atoms with Crippen molar-refractivity contribution in [3.8, 4) is 6.07 Å². The van der Waals surface area contributed by atoms with Crippen LogP contribution < -0.4 is 11.1 Å². The lowest BCUT2D eigenvalue weighted by Crippen LogP contribution is -2.51. The fraction of sp³-hybridized carbons (Fsp3) is 0.667. The average molecular weight is 334 g/mol. The summed E-state index contributed by atoms with van der Waals surface area (Å²) in [5.74, 6) is -0.905. The van der Waals surface area contributed by atoms with Crippen LogP contribution in [0.25, 0.3) is 0 Å². The molecule has 2 rings (SSSR count). The van der Waals surface area contributed by atoms with Crippen molar-refractivity contribution in [1.29, 1.82) is 5.26 Å². The van der Waals surface area contributed by atoms with E-state index in [1.165, 1.54) is 0 Å². The van der Waals surface area contributed by atoms with Crippen molar-refractivity contribution in [1.82, 2.24) is 20.4 Å². The largest absolute Gasteiger partial charge is 0.363 e. The average Bonchev–Trinajstić information content (AvgIpc) is 3.15. The fourth-order valence-electron chi connectivity index (χ4n) is 2.58. The molecule has 1 aromatic heterocycles. The molecular formula is C15H22N6O3. The van der Waals surface area contributed by atoms with Gasteiger partial charge < -0.3 is 15.6 Å². The number of nitrogens with two attached hydrogens (primary N) is 1. The first-order valence-corrected chi connectivity index (χ1v) is 7.86. The van der Waals surface area contributed by atoms with Gasteiger partial charge in [-0.1, -0.05) is 19.0 Å². The van der Waals surface area contributed by atoms with Crippen molar-refractivity contribution >= 4 is 11.8 Å². The number of carbonyl (C=O) groups excluding carboxylic acids is 2. The highest BCUT2D eigenvalue weighted by molar-refractivity contribution is 5.88. The molecule has 9 heteroatoms. The van der Waals surface area contributed by atoms with Crippen molar-refractivity contribution < 1.29 is 14.1 Å². The Morgan fingerprint density at radius 3 is 2.83 bits per heavy atom. The van der Waals surface area contributed by atoms with Crippen molar-refractivity contribution in [2.45, 2.75) is 45.2 Å². The molecule has 0 saturated carbocycles. The second kappa shape index (κ2) is 6.97. The third-order valence-corrected chi connectivity index (χ3v) is 4.44. The number of nitrogens with zero attached hydrogens (tertiary/aromatic N) is 4. The lowest BCUT2D eigenvalue weighted by atomic mass is 9.90. The molecule has 0 spiro atoms. The first kappa shape index (κ1) is 17.9. The third kappa shape index (κ3) is 3.71. The van der Waals surface area contributed by atoms with Crippen molar-refractivity contribution in [2.24, 2.45) is 11.7 Å². The quantitative estimate of drug-likeness (QED) is 0.765. The van der Waals surface area contributed by atoms with Gasteiger partial charge in [-0.3, -0.25) is 14.5 Å². The monoisotopic (exact) mass is 334 g/mol. The summed E-state index contributed by atoms with van der Waals surface area (Å²) in [6.45, 7) is 6.27. The maximum absolute atomic E-state index is 12.3. The van der Waals surface area contributed by atoms with Gasteiger partial charge in [-0.25, -0.2) is 0 Å². The van der Waals surface area contributed by atoms with Crippen LogP contribution in [0.4, 0.5) is 0 Å². The van der Waals surface area contributed by atoms with Gasteiger partial charge in [-0.05, 0) is 32.2 Å². The molecule has 3 N–H and O–H groups in total. The zero-order valence-electron chi connectivity index (χ0n) is 14.1. The molecule has 0 radical (unpaired) electrons. The topological polar surface area (TPSA) is 138 Å². The first-order chi connectivity index (χ1) is 11.3. The molecule has 0 bridgehead atoms. The molecule has 1 aromatic rings. The summed E-state index contributed by atoms with van der Waals surface area (Å²) in [6, 6.07) is 1.92. The van der Waals surface area contributed by atoms with Crippen molar-refractivity contribution in [3.05, 3.63) is 11.7 Å². The van der Waals surface area contributed by atoms with Gasteiger partial charge in [0, 0.05) is 0 Å². The predicted octanol–water partition coefficient (Wildman–Crippen LogP) is 0.360. The van der Waals surface area contributed by atoms with Gasteiger partial charge in [-0.2, -0.15) is 10.2 Å². The van der Waals surface area contributed by atoms with Gasteiger partial charge in [0.05, 0.1) is 18.7 Å². The minimum Gasteiger partial charge on any atom is -0.363 e. The number of nitriles is 1. The second-order valence-electron chi connectivity index (χ2n) is 6.47. The molecular weight excluding hydrogens is 312 g/mol. The minimum atomic E-state index is -0.921. The van der Waals surface area contributed by atoms with E-state index in [4.69, 9.17) is 10.3 Å². The molecule has 2 atom stereocenters. The molecule has 1 aliphatic heterocycles. The Bertz CT molecular complexity index is 664. The molecule has 1 fully saturated rings. The SMILES string of the molecule is CC(C)[C@](C)(C#N)NC(=O)CN1CCC[C@@H]1c1nc(C(N)=O)no1. The number of primary amides is 1. The van der Waals surface area contributed by atoms with E-state index in [0.717, 1.165) is 12.8 Å². The molecule has 1 saturated heterocycles. The Hall–Kier alpha value is -2.47. The molecule has 0 unspecified atom stereocenters. The normalized spacial score (nSPS) is 20.5. The smallest absolute Gasteiger partial charge is 0.290 e. The number of likely N-dealkylation sites (tertiary alicyclic amines) is 1. The molecule has 2 heterocycles. The van der Waals surface area contributed by atoms with Crippen LogP contribution >= 0.6 is 0 Å². The van der Waals surface area contributed by atoms with Gasteiger partial charge in [0.25, 0.3) is 11.7 Å². The van der Waals surface area contributed by atoms with Crippen LogP contribution in [0, 0.1) is 17.2 Å². The van der Waals surface area contributed by atoms with E-state index in [1.807, 2.05) is 18.7 Å². The number of carbonyl (C=O) groups is 2. The highest BCUT2D eigenvalue weighted by Crippen LogP contribution is 2.30.